The molecule has 0 radical (unpaired) electrons. The lowest BCUT2D eigenvalue weighted by molar-refractivity contribution is 0.0975. The third kappa shape index (κ3) is 4.27. The Morgan fingerprint density at radius 2 is 2.00 bits per heavy atom. The van der Waals surface area contributed by atoms with Gasteiger partial charge in [0, 0.05) is 10.5 Å². The first-order valence-corrected chi connectivity index (χ1v) is 8.55. The molecule has 3 nitrogen and oxygen atoms in total. The lowest BCUT2D eigenvalue weighted by Crippen LogP contribution is -2.49. The first-order chi connectivity index (χ1) is 9.99. The largest absolute Gasteiger partial charge is 0.359 e. The van der Waals surface area contributed by atoms with E-state index >= 15 is 0 Å². The molecule has 0 bridgehead atoms. The summed E-state index contributed by atoms with van der Waals surface area (Å²) in [4.78, 5) is 12.2. The number of carbonyl (C=O) groups is 1. The zero-order valence-corrected chi connectivity index (χ0v) is 14.8. The summed E-state index contributed by atoms with van der Waals surface area (Å²) in [5.74, 6) is 1.08. The van der Waals surface area contributed by atoms with E-state index in [9.17, 15) is 4.79 Å². The quantitative estimate of drug-likeness (QED) is 0.778. The van der Waals surface area contributed by atoms with Gasteiger partial charge < -0.3 is 5.32 Å². The van der Waals surface area contributed by atoms with Crippen molar-refractivity contribution in [3.63, 3.8) is 0 Å². The number of rotatable bonds is 2. The number of benzene rings is 1. The Balaban J connectivity index is 1.93. The minimum absolute atomic E-state index is 0.184. The lowest BCUT2D eigenvalue weighted by Gasteiger charge is -2.35. The molecular weight excluding hydrogens is 348 g/mol. The van der Waals surface area contributed by atoms with Crippen LogP contribution in [0.25, 0.3) is 0 Å². The van der Waals surface area contributed by atoms with Gasteiger partial charge in [0.15, 0.2) is 5.11 Å². The summed E-state index contributed by atoms with van der Waals surface area (Å²) in [6.07, 6.45) is 3.59. The van der Waals surface area contributed by atoms with E-state index < -0.39 is 0 Å². The average molecular weight is 369 g/mol. The molecule has 0 saturated heterocycles. The van der Waals surface area contributed by atoms with Crippen LogP contribution in [-0.2, 0) is 0 Å². The molecule has 0 unspecified atom stereocenters. The van der Waals surface area contributed by atoms with Crippen molar-refractivity contribution in [1.29, 1.82) is 0 Å². The molecule has 21 heavy (non-hydrogen) atoms. The molecule has 0 spiro atoms. The maximum Gasteiger partial charge on any atom is 0.258 e. The van der Waals surface area contributed by atoms with Crippen LogP contribution in [0.3, 0.4) is 0 Å². The fourth-order valence-corrected chi connectivity index (χ4v) is 3.51. The normalized spacial score (nSPS) is 25.2. The van der Waals surface area contributed by atoms with Gasteiger partial charge in [0.1, 0.15) is 0 Å². The molecule has 0 aliphatic heterocycles. The number of carbonyl (C=O) groups excluding carboxylic acids is 1. The van der Waals surface area contributed by atoms with Gasteiger partial charge in [-0.25, -0.2) is 0 Å². The predicted octanol–water partition coefficient (Wildman–Crippen LogP) is 3.88. The van der Waals surface area contributed by atoms with Gasteiger partial charge >= 0.3 is 0 Å². The van der Waals surface area contributed by atoms with Crippen LogP contribution in [-0.4, -0.2) is 17.1 Å². The summed E-state index contributed by atoms with van der Waals surface area (Å²) >= 11 is 8.67. The predicted molar refractivity (Wildman–Crippen MR) is 93.3 cm³/mol. The Morgan fingerprint density at radius 1 is 1.29 bits per heavy atom. The molecule has 3 atom stereocenters. The molecule has 1 aliphatic carbocycles. The third-order valence-corrected chi connectivity index (χ3v) is 5.28. The van der Waals surface area contributed by atoms with E-state index in [-0.39, 0.29) is 5.91 Å². The maximum atomic E-state index is 12.2. The van der Waals surface area contributed by atoms with Gasteiger partial charge in [-0.3, -0.25) is 10.1 Å². The molecule has 1 amide bonds. The van der Waals surface area contributed by atoms with Crippen molar-refractivity contribution in [1.82, 2.24) is 10.6 Å². The van der Waals surface area contributed by atoms with Crippen molar-refractivity contribution in [2.24, 2.45) is 11.8 Å². The fraction of sp³-hybridized carbons (Fsp3) is 0.500. The second kappa shape index (κ2) is 7.36. The molecular formula is C16H21BrN2OS. The Hall–Kier alpha value is -0.940. The number of halogens is 1. The standard InChI is InChI=1S/C16H21BrN2OS/c1-10-6-5-9-14(11(10)2)18-16(21)19-15(20)12-7-3-4-8-13(12)17/h3-4,7-8,10-11,14H,5-6,9H2,1-2H3,(H2,18,19,20,21)/t10-,11+,14-/m0/s1. The molecule has 5 heteroatoms. The van der Waals surface area contributed by atoms with Crippen LogP contribution in [0.2, 0.25) is 0 Å². The monoisotopic (exact) mass is 368 g/mol. The number of hydrogen-bond donors (Lipinski definition) is 2. The van der Waals surface area contributed by atoms with Crippen LogP contribution < -0.4 is 10.6 Å². The summed E-state index contributed by atoms with van der Waals surface area (Å²) in [5.41, 5.74) is 0.590. The van der Waals surface area contributed by atoms with E-state index in [0.717, 1.165) is 10.9 Å². The van der Waals surface area contributed by atoms with Gasteiger partial charge in [-0.1, -0.05) is 38.8 Å². The Bertz CT molecular complexity index is 535. The molecule has 0 aromatic heterocycles. The van der Waals surface area contributed by atoms with Crippen LogP contribution in [0.1, 0.15) is 43.5 Å². The molecule has 1 aromatic rings. The Kier molecular flexibility index (Phi) is 5.76. The maximum absolute atomic E-state index is 12.2. The Labute approximate surface area is 140 Å². The van der Waals surface area contributed by atoms with Gasteiger partial charge in [-0.2, -0.15) is 0 Å². The topological polar surface area (TPSA) is 41.1 Å². The summed E-state index contributed by atoms with van der Waals surface area (Å²) in [5, 5.41) is 6.49. The number of amides is 1. The highest BCUT2D eigenvalue weighted by molar-refractivity contribution is 9.10. The highest BCUT2D eigenvalue weighted by Gasteiger charge is 2.27. The molecule has 114 valence electrons. The number of nitrogens with one attached hydrogen (secondary N) is 2. The fourth-order valence-electron chi connectivity index (χ4n) is 2.81. The van der Waals surface area contributed by atoms with Crippen molar-refractivity contribution in [2.75, 3.05) is 0 Å². The Morgan fingerprint density at radius 3 is 2.71 bits per heavy atom. The SMILES string of the molecule is C[C@H]1[C@@H](NC(=S)NC(=O)c2ccccc2Br)CCC[C@@H]1C. The number of hydrogen-bond acceptors (Lipinski definition) is 2. The minimum Gasteiger partial charge on any atom is -0.359 e. The summed E-state index contributed by atoms with van der Waals surface area (Å²) in [6, 6.07) is 7.67. The van der Waals surface area contributed by atoms with Gasteiger partial charge in [0.25, 0.3) is 5.91 Å². The van der Waals surface area contributed by atoms with E-state index in [4.69, 9.17) is 12.2 Å². The summed E-state index contributed by atoms with van der Waals surface area (Å²) in [6.45, 7) is 4.53. The second-order valence-electron chi connectivity index (χ2n) is 5.78. The molecule has 1 aromatic carbocycles. The van der Waals surface area contributed by atoms with Gasteiger partial charge in [-0.15, -0.1) is 0 Å². The zero-order valence-electron chi connectivity index (χ0n) is 12.4. The molecule has 2 N–H and O–H groups in total. The summed E-state index contributed by atoms with van der Waals surface area (Å²) in [7, 11) is 0. The van der Waals surface area contributed by atoms with Crippen LogP contribution in [0.5, 0.6) is 0 Å². The average Bonchev–Trinajstić information content (AvgIpc) is 2.44. The van der Waals surface area contributed by atoms with Crippen LogP contribution in [0.4, 0.5) is 0 Å². The van der Waals surface area contributed by atoms with Crippen molar-refractivity contribution >= 4 is 39.2 Å². The third-order valence-electron chi connectivity index (χ3n) is 4.37. The van der Waals surface area contributed by atoms with E-state index in [2.05, 4.69) is 40.4 Å². The lowest BCUT2D eigenvalue weighted by atomic mass is 9.78. The molecule has 1 fully saturated rings. The van der Waals surface area contributed by atoms with Crippen molar-refractivity contribution in [3.05, 3.63) is 34.3 Å². The summed E-state index contributed by atoms with van der Waals surface area (Å²) < 4.78 is 0.768. The molecule has 1 saturated carbocycles. The van der Waals surface area contributed by atoms with Gasteiger partial charge in [-0.05, 0) is 58.5 Å². The van der Waals surface area contributed by atoms with Gasteiger partial charge in [0.2, 0.25) is 0 Å². The minimum atomic E-state index is -0.184. The molecule has 1 aliphatic rings. The van der Waals surface area contributed by atoms with Crippen molar-refractivity contribution in [2.45, 2.75) is 39.2 Å². The smallest absolute Gasteiger partial charge is 0.258 e. The second-order valence-corrected chi connectivity index (χ2v) is 7.04. The van der Waals surface area contributed by atoms with E-state index in [1.807, 2.05) is 18.2 Å². The molecule has 2 rings (SSSR count). The van der Waals surface area contributed by atoms with Crippen LogP contribution >= 0.6 is 28.1 Å². The molecule has 0 heterocycles. The highest BCUT2D eigenvalue weighted by atomic mass is 79.9. The van der Waals surface area contributed by atoms with Gasteiger partial charge in [0.05, 0.1) is 5.56 Å². The van der Waals surface area contributed by atoms with Crippen LogP contribution in [0, 0.1) is 11.8 Å². The van der Waals surface area contributed by atoms with Crippen molar-refractivity contribution in [3.8, 4) is 0 Å². The number of thiocarbonyl (C=S) groups is 1. The van der Waals surface area contributed by atoms with Crippen LogP contribution in [0.15, 0.2) is 28.7 Å². The zero-order chi connectivity index (χ0) is 15.4. The van der Waals surface area contributed by atoms with E-state index in [1.54, 1.807) is 6.07 Å². The first kappa shape index (κ1) is 16.4. The highest BCUT2D eigenvalue weighted by Crippen LogP contribution is 2.29. The van der Waals surface area contributed by atoms with Crippen molar-refractivity contribution < 1.29 is 4.79 Å². The van der Waals surface area contributed by atoms with E-state index in [1.165, 1.54) is 12.8 Å². The van der Waals surface area contributed by atoms with E-state index in [0.29, 0.717) is 28.6 Å². The first-order valence-electron chi connectivity index (χ1n) is 7.35.